The summed E-state index contributed by atoms with van der Waals surface area (Å²) in [4.78, 5) is 0. The normalized spacial score (nSPS) is 17.1. The molecule has 0 aromatic carbocycles. The van der Waals surface area contributed by atoms with Crippen LogP contribution in [0.25, 0.3) is 0 Å². The van der Waals surface area contributed by atoms with Gasteiger partial charge in [-0.25, -0.2) is 0 Å². The molecule has 0 aromatic heterocycles. The third-order valence-electron chi connectivity index (χ3n) is 2.34. The summed E-state index contributed by atoms with van der Waals surface area (Å²) in [5.74, 6) is 2.76. The van der Waals surface area contributed by atoms with Gasteiger partial charge >= 0.3 is 0 Å². The molecule has 0 aliphatic rings. The highest BCUT2D eigenvalue weighted by Gasteiger charge is 2.24. The quantitative estimate of drug-likeness (QED) is 0.727. The predicted octanol–water partition coefficient (Wildman–Crippen LogP) is 3.05. The van der Waals surface area contributed by atoms with E-state index in [4.69, 9.17) is 5.26 Å². The van der Waals surface area contributed by atoms with E-state index in [2.05, 4.69) is 39.1 Å². The van der Waals surface area contributed by atoms with E-state index in [0.29, 0.717) is 6.04 Å². The average Bonchev–Trinajstić information content (AvgIpc) is 2.16. The van der Waals surface area contributed by atoms with Crippen LogP contribution in [0.3, 0.4) is 0 Å². The fourth-order valence-corrected chi connectivity index (χ4v) is 2.64. The summed E-state index contributed by atoms with van der Waals surface area (Å²) in [6.07, 6.45) is 1.22. The third-order valence-corrected chi connectivity index (χ3v) is 3.93. The molecule has 0 aliphatic heterocycles. The fourth-order valence-electron chi connectivity index (χ4n) is 1.33. The van der Waals surface area contributed by atoms with Gasteiger partial charge in [0.2, 0.25) is 0 Å². The van der Waals surface area contributed by atoms with E-state index in [9.17, 15) is 0 Å². The van der Waals surface area contributed by atoms with Gasteiger partial charge in [0.1, 0.15) is 5.54 Å². The Bertz CT molecular complexity index is 210. The number of hydrogen-bond donors (Lipinski definition) is 1. The van der Waals surface area contributed by atoms with Gasteiger partial charge in [0.25, 0.3) is 0 Å². The van der Waals surface area contributed by atoms with E-state index < -0.39 is 0 Å². The predicted molar refractivity (Wildman–Crippen MR) is 69.1 cm³/mol. The molecule has 0 radical (unpaired) electrons. The van der Waals surface area contributed by atoms with Gasteiger partial charge in [0.15, 0.2) is 0 Å². The smallest absolute Gasteiger partial charge is 0.113 e. The molecule has 2 unspecified atom stereocenters. The molecule has 0 aliphatic carbocycles. The maximum absolute atomic E-state index is 9.13. The molecule has 15 heavy (non-hydrogen) atoms. The first-order chi connectivity index (χ1) is 6.93. The highest BCUT2D eigenvalue weighted by atomic mass is 32.2. The van der Waals surface area contributed by atoms with E-state index in [-0.39, 0.29) is 5.54 Å². The van der Waals surface area contributed by atoms with Crippen molar-refractivity contribution in [1.29, 1.82) is 5.26 Å². The van der Waals surface area contributed by atoms with Crippen molar-refractivity contribution in [1.82, 2.24) is 5.32 Å². The topological polar surface area (TPSA) is 35.8 Å². The third kappa shape index (κ3) is 6.81. The van der Waals surface area contributed by atoms with E-state index >= 15 is 0 Å². The lowest BCUT2D eigenvalue weighted by molar-refractivity contribution is 0.443. The van der Waals surface area contributed by atoms with Crippen molar-refractivity contribution in [3.63, 3.8) is 0 Å². The second-order valence-electron chi connectivity index (χ2n) is 4.77. The molecule has 1 N–H and O–H groups in total. The van der Waals surface area contributed by atoms with Gasteiger partial charge in [-0.15, -0.1) is 0 Å². The van der Waals surface area contributed by atoms with Crippen LogP contribution in [0.5, 0.6) is 0 Å². The van der Waals surface area contributed by atoms with Crippen LogP contribution in [0.1, 0.15) is 41.0 Å². The standard InChI is InChI=1S/C12H24N2S/c1-6-11(4)7-15-9-12(5,8-13)14-10(2)3/h10-11,14H,6-7,9H2,1-5H3. The summed E-state index contributed by atoms with van der Waals surface area (Å²) < 4.78 is 0. The Morgan fingerprint density at radius 2 is 2.00 bits per heavy atom. The minimum absolute atomic E-state index is 0.360. The molecule has 0 aromatic rings. The maximum atomic E-state index is 9.13. The zero-order valence-electron chi connectivity index (χ0n) is 10.6. The summed E-state index contributed by atoms with van der Waals surface area (Å²) in [6.45, 7) is 10.6. The number of hydrogen-bond acceptors (Lipinski definition) is 3. The van der Waals surface area contributed by atoms with Crippen LogP contribution in [-0.4, -0.2) is 23.1 Å². The highest BCUT2D eigenvalue weighted by molar-refractivity contribution is 7.99. The summed E-state index contributed by atoms with van der Waals surface area (Å²) in [6, 6.07) is 2.73. The Morgan fingerprint density at radius 1 is 1.40 bits per heavy atom. The molecule has 3 heteroatoms. The second kappa shape index (κ2) is 7.14. The van der Waals surface area contributed by atoms with Crippen LogP contribution >= 0.6 is 11.8 Å². The van der Waals surface area contributed by atoms with E-state index in [1.165, 1.54) is 6.42 Å². The lowest BCUT2D eigenvalue weighted by atomic mass is 10.1. The first-order valence-electron chi connectivity index (χ1n) is 5.70. The summed E-state index contributed by atoms with van der Waals surface area (Å²) in [7, 11) is 0. The molecule has 0 spiro atoms. The maximum Gasteiger partial charge on any atom is 0.113 e. The van der Waals surface area contributed by atoms with E-state index in [1.807, 2.05) is 18.7 Å². The zero-order valence-corrected chi connectivity index (χ0v) is 11.4. The molecule has 0 amide bonds. The van der Waals surface area contributed by atoms with Crippen LogP contribution in [-0.2, 0) is 0 Å². The fraction of sp³-hybridized carbons (Fsp3) is 0.917. The van der Waals surface area contributed by atoms with Gasteiger partial charge in [0.05, 0.1) is 6.07 Å². The van der Waals surface area contributed by atoms with Crippen LogP contribution in [0, 0.1) is 17.2 Å². The highest BCUT2D eigenvalue weighted by Crippen LogP contribution is 2.17. The molecule has 2 nitrogen and oxygen atoms in total. The molecule has 0 heterocycles. The summed E-state index contributed by atoms with van der Waals surface area (Å²) >= 11 is 1.87. The molecule has 88 valence electrons. The molecule has 0 rings (SSSR count). The average molecular weight is 228 g/mol. The van der Waals surface area contributed by atoms with Crippen molar-refractivity contribution < 1.29 is 0 Å². The van der Waals surface area contributed by atoms with Crippen LogP contribution in [0.4, 0.5) is 0 Å². The molecule has 0 saturated carbocycles. The molecule has 0 saturated heterocycles. The first kappa shape index (κ1) is 14.8. The second-order valence-corrected chi connectivity index (χ2v) is 5.80. The van der Waals surface area contributed by atoms with Crippen LogP contribution in [0.15, 0.2) is 0 Å². The van der Waals surface area contributed by atoms with Gasteiger partial charge in [-0.3, -0.25) is 5.32 Å². The first-order valence-corrected chi connectivity index (χ1v) is 6.85. The monoisotopic (exact) mass is 228 g/mol. The van der Waals surface area contributed by atoms with Crippen LogP contribution in [0.2, 0.25) is 0 Å². The molecule has 2 atom stereocenters. The van der Waals surface area contributed by atoms with E-state index in [1.54, 1.807) is 0 Å². The minimum atomic E-state index is -0.383. The minimum Gasteiger partial charge on any atom is -0.297 e. The van der Waals surface area contributed by atoms with Crippen molar-refractivity contribution in [2.24, 2.45) is 5.92 Å². The lowest BCUT2D eigenvalue weighted by Gasteiger charge is -2.25. The number of nitrogens with one attached hydrogen (secondary N) is 1. The van der Waals surface area contributed by atoms with Crippen molar-refractivity contribution in [3.05, 3.63) is 0 Å². The van der Waals surface area contributed by atoms with Gasteiger partial charge < -0.3 is 0 Å². The Balaban J connectivity index is 3.95. The number of rotatable bonds is 7. The van der Waals surface area contributed by atoms with Crippen molar-refractivity contribution in [3.8, 4) is 6.07 Å². The molecule has 0 fully saturated rings. The van der Waals surface area contributed by atoms with Gasteiger partial charge in [-0.2, -0.15) is 17.0 Å². The lowest BCUT2D eigenvalue weighted by Crippen LogP contribution is -2.47. The Kier molecular flexibility index (Phi) is 7.04. The molecule has 0 bridgehead atoms. The van der Waals surface area contributed by atoms with Gasteiger partial charge in [-0.05, 0) is 32.4 Å². The van der Waals surface area contributed by atoms with Crippen LogP contribution < -0.4 is 5.32 Å². The summed E-state index contributed by atoms with van der Waals surface area (Å²) in [5.41, 5.74) is -0.383. The number of nitrogens with zero attached hydrogens (tertiary/aromatic N) is 1. The zero-order chi connectivity index (χ0) is 11.9. The number of nitriles is 1. The Morgan fingerprint density at radius 3 is 2.40 bits per heavy atom. The van der Waals surface area contributed by atoms with Gasteiger partial charge in [-0.1, -0.05) is 20.3 Å². The van der Waals surface area contributed by atoms with Gasteiger partial charge in [0, 0.05) is 11.8 Å². The number of thioether (sulfide) groups is 1. The van der Waals surface area contributed by atoms with E-state index in [0.717, 1.165) is 17.4 Å². The Hall–Kier alpha value is -0.200. The van der Waals surface area contributed by atoms with Crippen molar-refractivity contribution in [2.45, 2.75) is 52.6 Å². The molecular weight excluding hydrogens is 204 g/mol. The largest absolute Gasteiger partial charge is 0.297 e. The van der Waals surface area contributed by atoms with Crippen molar-refractivity contribution >= 4 is 11.8 Å². The SMILES string of the molecule is CCC(C)CSCC(C)(C#N)NC(C)C. The van der Waals surface area contributed by atoms with Crippen molar-refractivity contribution in [2.75, 3.05) is 11.5 Å². The Labute approximate surface area is 98.8 Å². The summed E-state index contributed by atoms with van der Waals surface area (Å²) in [5, 5.41) is 12.4. The molecular formula is C12H24N2S.